The maximum atomic E-state index is 11.2. The van der Waals surface area contributed by atoms with Crippen LogP contribution in [0.15, 0.2) is 12.1 Å². The number of nitrogens with zero attached hydrogens (tertiary/aromatic N) is 1. The van der Waals surface area contributed by atoms with Gasteiger partial charge in [0.2, 0.25) is 0 Å². The van der Waals surface area contributed by atoms with Crippen molar-refractivity contribution >= 4 is 28.2 Å². The molecule has 0 aromatic carbocycles. The van der Waals surface area contributed by atoms with Gasteiger partial charge in [0.25, 0.3) is 0 Å². The Hall–Kier alpha value is -1.43. The fourth-order valence-electron chi connectivity index (χ4n) is 0.990. The molecule has 1 rings (SSSR count). The van der Waals surface area contributed by atoms with Gasteiger partial charge in [-0.3, -0.25) is 0 Å². The van der Waals surface area contributed by atoms with Crippen LogP contribution in [0.5, 0.6) is 0 Å². The molecule has 0 aliphatic rings. The van der Waals surface area contributed by atoms with Gasteiger partial charge in [-0.15, -0.1) is 0 Å². The topological polar surface area (TPSA) is 65.5 Å². The maximum absolute atomic E-state index is 11.2. The summed E-state index contributed by atoms with van der Waals surface area (Å²) in [6, 6.07) is 3.07. The van der Waals surface area contributed by atoms with Crippen LogP contribution in [0.1, 0.15) is 26.5 Å². The second-order valence-corrected chi connectivity index (χ2v) is 3.04. The van der Waals surface area contributed by atoms with E-state index in [1.165, 1.54) is 13.2 Å². The third-order valence-corrected chi connectivity index (χ3v) is 2.05. The summed E-state index contributed by atoms with van der Waals surface area (Å²) in [5, 5.41) is 0. The summed E-state index contributed by atoms with van der Waals surface area (Å²) in [5.74, 6) is -1.25. The van der Waals surface area contributed by atoms with E-state index in [0.717, 1.165) is 0 Å². The quantitative estimate of drug-likeness (QED) is 0.767. The molecule has 1 heterocycles. The van der Waals surface area contributed by atoms with E-state index in [1.807, 2.05) is 0 Å². The summed E-state index contributed by atoms with van der Waals surface area (Å²) in [6.45, 7) is 1.69. The van der Waals surface area contributed by atoms with Crippen LogP contribution in [-0.4, -0.2) is 24.0 Å². The number of methoxy groups -OCH3 is 1. The Bertz CT molecular complexity index is 405. The van der Waals surface area contributed by atoms with Crippen LogP contribution >= 0.6 is 16.3 Å². The molecule has 0 spiro atoms. The van der Waals surface area contributed by atoms with Gasteiger partial charge in [0.1, 0.15) is 5.69 Å². The molecule has 0 aliphatic heterocycles. The molecule has 0 atom stereocenters. The van der Waals surface area contributed by atoms with Crippen molar-refractivity contribution in [2.75, 3.05) is 7.11 Å². The van der Waals surface area contributed by atoms with E-state index in [4.69, 9.17) is 0 Å². The van der Waals surface area contributed by atoms with E-state index >= 15 is 0 Å². The molecule has 0 amide bonds. The van der Waals surface area contributed by atoms with Gasteiger partial charge in [-0.05, 0) is 18.6 Å². The zero-order valence-electron chi connectivity index (χ0n) is 8.11. The lowest BCUT2D eigenvalue weighted by molar-refractivity contribution is 0.0594. The maximum Gasteiger partial charge on any atom is 0.368 e. The lowest BCUT2D eigenvalue weighted by atomic mass is 10.2. The lowest BCUT2D eigenvalue weighted by Gasteiger charge is -2.03. The van der Waals surface area contributed by atoms with Crippen molar-refractivity contribution in [2.24, 2.45) is 0 Å². The molecular formula is C9H8BrNO4. The Morgan fingerprint density at radius 2 is 2.00 bits per heavy atom. The van der Waals surface area contributed by atoms with Crippen molar-refractivity contribution in [2.45, 2.75) is 6.92 Å². The lowest BCUT2D eigenvalue weighted by Crippen LogP contribution is -2.11. The minimum atomic E-state index is -0.654. The Kier molecular flexibility index (Phi) is 3.79. The highest BCUT2D eigenvalue weighted by molar-refractivity contribution is 9.06. The van der Waals surface area contributed by atoms with Gasteiger partial charge in [-0.25, -0.2) is 14.6 Å². The minimum absolute atomic E-state index is 0.0657. The molecule has 5 nitrogen and oxygen atoms in total. The molecule has 1 aromatic rings. The summed E-state index contributed by atoms with van der Waals surface area (Å²) in [6.07, 6.45) is 0. The summed E-state index contributed by atoms with van der Waals surface area (Å²) >= 11 is 2.56. The summed E-state index contributed by atoms with van der Waals surface area (Å²) in [7, 11) is 1.24. The number of ether oxygens (including phenoxy) is 1. The van der Waals surface area contributed by atoms with Crippen LogP contribution in [0.3, 0.4) is 0 Å². The van der Waals surface area contributed by atoms with Gasteiger partial charge in [-0.2, -0.15) is 0 Å². The highest BCUT2D eigenvalue weighted by Gasteiger charge is 2.15. The van der Waals surface area contributed by atoms with Crippen molar-refractivity contribution in [3.63, 3.8) is 0 Å². The smallest absolute Gasteiger partial charge is 0.368 e. The standard InChI is InChI=1S/C9H8BrNO4/c1-5-3-4-6(8(12)14-2)11-7(5)9(13)15-10/h3-4H,1-2H3. The van der Waals surface area contributed by atoms with Crippen LogP contribution < -0.4 is 0 Å². The van der Waals surface area contributed by atoms with Gasteiger partial charge in [0, 0.05) is 0 Å². The monoisotopic (exact) mass is 273 g/mol. The van der Waals surface area contributed by atoms with Gasteiger partial charge in [-0.1, -0.05) is 6.07 Å². The number of rotatable bonds is 2. The Morgan fingerprint density at radius 3 is 2.53 bits per heavy atom. The fourth-order valence-corrected chi connectivity index (χ4v) is 1.14. The average molecular weight is 274 g/mol. The molecule has 15 heavy (non-hydrogen) atoms. The third kappa shape index (κ3) is 2.53. The van der Waals surface area contributed by atoms with Crippen molar-refractivity contribution in [3.8, 4) is 0 Å². The largest absolute Gasteiger partial charge is 0.464 e. The molecule has 0 radical (unpaired) electrons. The number of hydrogen-bond acceptors (Lipinski definition) is 5. The Balaban J connectivity index is 3.16. The molecule has 0 saturated carbocycles. The molecule has 6 heteroatoms. The van der Waals surface area contributed by atoms with Crippen molar-refractivity contribution in [1.82, 2.24) is 4.98 Å². The zero-order valence-corrected chi connectivity index (χ0v) is 9.70. The fraction of sp³-hybridized carbons (Fsp3) is 0.222. The molecule has 0 fully saturated rings. The SMILES string of the molecule is COC(=O)c1ccc(C)c(C(=O)OBr)n1. The van der Waals surface area contributed by atoms with E-state index in [0.29, 0.717) is 5.56 Å². The van der Waals surface area contributed by atoms with Gasteiger partial charge >= 0.3 is 11.9 Å². The highest BCUT2D eigenvalue weighted by atomic mass is 79.9. The molecule has 0 N–H and O–H groups in total. The summed E-state index contributed by atoms with van der Waals surface area (Å²) < 4.78 is 8.82. The number of aromatic nitrogens is 1. The number of hydrogen-bond donors (Lipinski definition) is 0. The van der Waals surface area contributed by atoms with Crippen LogP contribution in [0.25, 0.3) is 0 Å². The second kappa shape index (κ2) is 4.88. The van der Waals surface area contributed by atoms with Gasteiger partial charge in [0.05, 0.1) is 7.11 Å². The number of carbonyl (C=O) groups excluding carboxylic acids is 2. The number of pyridine rings is 1. The first-order chi connectivity index (χ1) is 7.10. The Labute approximate surface area is 94.9 Å². The van der Waals surface area contributed by atoms with Crippen LogP contribution in [0, 0.1) is 6.92 Å². The van der Waals surface area contributed by atoms with Crippen LogP contribution in [-0.2, 0) is 8.57 Å². The molecule has 0 aliphatic carbocycles. The van der Waals surface area contributed by atoms with E-state index in [1.54, 1.807) is 13.0 Å². The van der Waals surface area contributed by atoms with E-state index < -0.39 is 11.9 Å². The number of halogens is 1. The zero-order chi connectivity index (χ0) is 11.4. The predicted molar refractivity (Wildman–Crippen MR) is 54.7 cm³/mol. The molecule has 80 valence electrons. The van der Waals surface area contributed by atoms with Crippen LogP contribution in [0.2, 0.25) is 0 Å². The number of aryl methyl sites for hydroxylation is 1. The predicted octanol–water partition coefficient (Wildman–Crippen LogP) is 1.64. The number of esters is 1. The molecular weight excluding hydrogens is 266 g/mol. The van der Waals surface area contributed by atoms with Crippen LogP contribution in [0.4, 0.5) is 0 Å². The summed E-state index contributed by atoms with van der Waals surface area (Å²) in [5.41, 5.74) is 0.762. The highest BCUT2D eigenvalue weighted by Crippen LogP contribution is 2.10. The third-order valence-electron chi connectivity index (χ3n) is 1.75. The first-order valence-corrected chi connectivity index (χ1v) is 4.63. The number of carbonyl (C=O) groups is 2. The Morgan fingerprint density at radius 1 is 1.33 bits per heavy atom. The van der Waals surface area contributed by atoms with Gasteiger partial charge < -0.3 is 8.57 Å². The molecule has 0 bridgehead atoms. The average Bonchev–Trinajstić information content (AvgIpc) is 2.27. The van der Waals surface area contributed by atoms with Crippen molar-refractivity contribution in [1.29, 1.82) is 0 Å². The van der Waals surface area contributed by atoms with Crippen molar-refractivity contribution < 1.29 is 18.2 Å². The van der Waals surface area contributed by atoms with Crippen molar-refractivity contribution in [3.05, 3.63) is 29.1 Å². The minimum Gasteiger partial charge on any atom is -0.464 e. The summed E-state index contributed by atoms with van der Waals surface area (Å²) in [4.78, 5) is 26.2. The van der Waals surface area contributed by atoms with E-state index in [2.05, 4.69) is 29.8 Å². The van der Waals surface area contributed by atoms with Gasteiger partial charge in [0.15, 0.2) is 22.0 Å². The van der Waals surface area contributed by atoms with E-state index in [-0.39, 0.29) is 11.4 Å². The second-order valence-electron chi connectivity index (χ2n) is 2.72. The van der Waals surface area contributed by atoms with E-state index in [9.17, 15) is 9.59 Å². The first kappa shape index (κ1) is 11.6. The molecule has 1 aromatic heterocycles. The normalized spacial score (nSPS) is 9.53. The molecule has 0 unspecified atom stereocenters. The molecule has 0 saturated heterocycles. The first-order valence-electron chi connectivity index (χ1n) is 3.99.